The first-order chi connectivity index (χ1) is 15.6. The molecule has 0 bridgehead atoms. The molecule has 162 valence electrons. The lowest BCUT2D eigenvalue weighted by atomic mass is 10.2. The molecule has 1 saturated carbocycles. The lowest BCUT2D eigenvalue weighted by molar-refractivity contribution is -0.115. The van der Waals surface area contributed by atoms with E-state index in [9.17, 15) is 9.18 Å². The highest BCUT2D eigenvalue weighted by atomic mass is 19.1. The number of hydrogen-bond donors (Lipinski definition) is 2. The third kappa shape index (κ3) is 4.22. The van der Waals surface area contributed by atoms with Gasteiger partial charge in [0.05, 0.1) is 30.9 Å². The van der Waals surface area contributed by atoms with Gasteiger partial charge in [-0.25, -0.2) is 4.39 Å². The second kappa shape index (κ2) is 8.26. The molecule has 0 radical (unpaired) electrons. The Hall–Kier alpha value is -4.01. The van der Waals surface area contributed by atoms with Gasteiger partial charge in [-0.3, -0.25) is 19.9 Å². The summed E-state index contributed by atoms with van der Waals surface area (Å²) in [4.78, 5) is 21.0. The van der Waals surface area contributed by atoms with E-state index in [0.29, 0.717) is 45.6 Å². The topological polar surface area (TPSA) is 102 Å². The number of rotatable bonds is 7. The van der Waals surface area contributed by atoms with Crippen LogP contribution in [0.1, 0.15) is 30.1 Å². The molecule has 0 spiro atoms. The molecule has 32 heavy (non-hydrogen) atoms. The number of anilines is 1. The van der Waals surface area contributed by atoms with Gasteiger partial charge in [0.2, 0.25) is 5.91 Å². The number of aromatic amines is 1. The second-order valence-electron chi connectivity index (χ2n) is 7.60. The van der Waals surface area contributed by atoms with Crippen LogP contribution in [0.15, 0.2) is 48.8 Å². The van der Waals surface area contributed by atoms with Crippen molar-refractivity contribution in [2.45, 2.75) is 25.2 Å². The van der Waals surface area contributed by atoms with E-state index < -0.39 is 0 Å². The monoisotopic (exact) mass is 433 g/mol. The zero-order chi connectivity index (χ0) is 22.1. The van der Waals surface area contributed by atoms with Crippen molar-refractivity contribution in [2.24, 2.45) is 0 Å². The molecule has 3 aromatic heterocycles. The van der Waals surface area contributed by atoms with Crippen LogP contribution in [0.5, 0.6) is 17.2 Å². The molecule has 0 atom stereocenters. The number of H-pyrrole nitrogens is 1. The van der Waals surface area contributed by atoms with Crippen molar-refractivity contribution in [2.75, 3.05) is 12.4 Å². The number of halogens is 1. The van der Waals surface area contributed by atoms with Gasteiger partial charge in [-0.05, 0) is 37.1 Å². The van der Waals surface area contributed by atoms with Crippen LogP contribution in [0.4, 0.5) is 10.2 Å². The molecule has 4 aromatic rings. The maximum Gasteiger partial charge on any atom is 0.231 e. The van der Waals surface area contributed by atoms with Crippen molar-refractivity contribution >= 4 is 22.6 Å². The summed E-state index contributed by atoms with van der Waals surface area (Å²) >= 11 is 0. The van der Waals surface area contributed by atoms with Crippen molar-refractivity contribution in [3.63, 3.8) is 0 Å². The third-order valence-corrected chi connectivity index (χ3v) is 5.23. The number of hydrogen-bond acceptors (Lipinski definition) is 6. The number of methoxy groups -OCH3 is 1. The van der Waals surface area contributed by atoms with Gasteiger partial charge in [0.1, 0.15) is 23.1 Å². The second-order valence-corrected chi connectivity index (χ2v) is 7.60. The summed E-state index contributed by atoms with van der Waals surface area (Å²) in [6.07, 6.45) is 5.39. The van der Waals surface area contributed by atoms with Crippen LogP contribution < -0.4 is 14.8 Å². The zero-order valence-corrected chi connectivity index (χ0v) is 17.3. The Morgan fingerprint density at radius 1 is 1.19 bits per heavy atom. The van der Waals surface area contributed by atoms with Crippen LogP contribution in [-0.4, -0.2) is 33.2 Å². The number of benzene rings is 1. The molecule has 0 aliphatic heterocycles. The maximum atomic E-state index is 13.7. The molecule has 3 heterocycles. The Balaban J connectivity index is 1.31. The number of nitrogens with zero attached hydrogens (tertiary/aromatic N) is 3. The van der Waals surface area contributed by atoms with Gasteiger partial charge in [-0.2, -0.15) is 5.10 Å². The normalized spacial score (nSPS) is 13.2. The summed E-state index contributed by atoms with van der Waals surface area (Å²) in [5, 5.41) is 10.4. The van der Waals surface area contributed by atoms with E-state index in [1.807, 2.05) is 6.07 Å². The summed E-state index contributed by atoms with van der Waals surface area (Å²) in [5.74, 6) is 1.62. The average molecular weight is 433 g/mol. The Bertz CT molecular complexity index is 1300. The summed E-state index contributed by atoms with van der Waals surface area (Å²) in [7, 11) is 1.50. The highest BCUT2D eigenvalue weighted by molar-refractivity contribution is 5.91. The average Bonchev–Trinajstić information content (AvgIpc) is 3.54. The molecule has 0 saturated heterocycles. The molecule has 0 unspecified atom stereocenters. The van der Waals surface area contributed by atoms with Gasteiger partial charge in [0.15, 0.2) is 5.82 Å². The SMILES string of the molecule is COc1cc(Oc2ccnc3ccc(F)cc23)cnc1CC(=O)Nc1cc(C2CC2)[nH]n1. The van der Waals surface area contributed by atoms with Crippen molar-refractivity contribution in [3.05, 3.63) is 66.0 Å². The van der Waals surface area contributed by atoms with Crippen LogP contribution in [0.3, 0.4) is 0 Å². The lowest BCUT2D eigenvalue weighted by Crippen LogP contribution is -2.16. The minimum atomic E-state index is -0.381. The molecule has 1 aliphatic carbocycles. The first-order valence-electron chi connectivity index (χ1n) is 10.2. The Morgan fingerprint density at radius 3 is 2.88 bits per heavy atom. The summed E-state index contributed by atoms with van der Waals surface area (Å²) in [6, 6.07) is 9.45. The highest BCUT2D eigenvalue weighted by Crippen LogP contribution is 2.39. The smallest absolute Gasteiger partial charge is 0.231 e. The Kier molecular flexibility index (Phi) is 5.14. The van der Waals surface area contributed by atoms with E-state index in [1.165, 1.54) is 25.4 Å². The van der Waals surface area contributed by atoms with Crippen molar-refractivity contribution in [3.8, 4) is 17.2 Å². The molecule has 1 amide bonds. The highest BCUT2D eigenvalue weighted by Gasteiger charge is 2.25. The number of aromatic nitrogens is 4. The van der Waals surface area contributed by atoms with Crippen LogP contribution in [-0.2, 0) is 11.2 Å². The predicted octanol–water partition coefficient (Wildman–Crippen LogP) is 4.35. The fraction of sp³-hybridized carbons (Fsp3) is 0.217. The van der Waals surface area contributed by atoms with Crippen molar-refractivity contribution in [1.29, 1.82) is 0 Å². The minimum absolute atomic E-state index is 0.0124. The zero-order valence-electron chi connectivity index (χ0n) is 17.3. The molecule has 8 nitrogen and oxygen atoms in total. The molecule has 2 N–H and O–H groups in total. The first kappa shape index (κ1) is 19.9. The Labute approximate surface area is 182 Å². The largest absolute Gasteiger partial charge is 0.495 e. The van der Waals surface area contributed by atoms with Crippen LogP contribution in [0.25, 0.3) is 10.9 Å². The van der Waals surface area contributed by atoms with Crippen molar-refractivity contribution < 1.29 is 18.7 Å². The predicted molar refractivity (Wildman–Crippen MR) is 115 cm³/mol. The molecule has 5 rings (SSSR count). The fourth-order valence-electron chi connectivity index (χ4n) is 3.47. The summed E-state index contributed by atoms with van der Waals surface area (Å²) < 4.78 is 25.0. The van der Waals surface area contributed by atoms with Gasteiger partial charge in [0, 0.05) is 35.3 Å². The van der Waals surface area contributed by atoms with Crippen LogP contribution in [0.2, 0.25) is 0 Å². The summed E-state index contributed by atoms with van der Waals surface area (Å²) in [5.41, 5.74) is 2.11. The number of amides is 1. The number of carbonyl (C=O) groups excluding carboxylic acids is 1. The lowest BCUT2D eigenvalue weighted by Gasteiger charge is -2.12. The number of ether oxygens (including phenoxy) is 2. The molecular formula is C23H20FN5O3. The summed E-state index contributed by atoms with van der Waals surface area (Å²) in [6.45, 7) is 0. The molecule has 1 aromatic carbocycles. The van der Waals surface area contributed by atoms with Crippen LogP contribution >= 0.6 is 0 Å². The third-order valence-electron chi connectivity index (χ3n) is 5.23. The van der Waals surface area contributed by atoms with E-state index in [-0.39, 0.29) is 18.1 Å². The standard InChI is InChI=1S/C23H20FN5O3/c1-31-21-9-15(32-20-6-7-25-17-5-4-14(24)8-16(17)20)12-26-19(21)11-23(30)27-22-10-18(28-29-22)13-2-3-13/h4-10,12-13H,2-3,11H2,1H3,(H2,27,28,29,30). The maximum absolute atomic E-state index is 13.7. The first-order valence-corrected chi connectivity index (χ1v) is 10.2. The van der Waals surface area contributed by atoms with E-state index in [0.717, 1.165) is 18.5 Å². The quantitative estimate of drug-likeness (QED) is 0.449. The molecule has 1 aliphatic rings. The molecule has 1 fully saturated rings. The van der Waals surface area contributed by atoms with Crippen molar-refractivity contribution in [1.82, 2.24) is 20.2 Å². The van der Waals surface area contributed by atoms with E-state index in [4.69, 9.17) is 9.47 Å². The number of fused-ring (bicyclic) bond motifs is 1. The van der Waals surface area contributed by atoms with E-state index >= 15 is 0 Å². The number of pyridine rings is 2. The van der Waals surface area contributed by atoms with E-state index in [2.05, 4.69) is 25.5 Å². The van der Waals surface area contributed by atoms with Crippen LogP contribution in [0, 0.1) is 5.82 Å². The van der Waals surface area contributed by atoms with E-state index in [1.54, 1.807) is 24.4 Å². The van der Waals surface area contributed by atoms with Gasteiger partial charge in [-0.1, -0.05) is 0 Å². The van der Waals surface area contributed by atoms with Gasteiger partial charge >= 0.3 is 0 Å². The minimum Gasteiger partial charge on any atom is -0.495 e. The van der Waals surface area contributed by atoms with Gasteiger partial charge in [0.25, 0.3) is 0 Å². The Morgan fingerprint density at radius 2 is 2.06 bits per heavy atom. The van der Waals surface area contributed by atoms with Gasteiger partial charge in [-0.15, -0.1) is 0 Å². The molecule has 9 heteroatoms. The van der Waals surface area contributed by atoms with Gasteiger partial charge < -0.3 is 14.8 Å². The fourth-order valence-corrected chi connectivity index (χ4v) is 3.47. The number of carbonyl (C=O) groups is 1. The number of nitrogens with one attached hydrogen (secondary N) is 2. The molecular weight excluding hydrogens is 413 g/mol.